The minimum Gasteiger partial charge on any atom is -0.462 e. The van der Waals surface area contributed by atoms with Gasteiger partial charge in [0.25, 0.3) is 0 Å². The summed E-state index contributed by atoms with van der Waals surface area (Å²) in [5.74, 6) is 0.861. The first kappa shape index (κ1) is 27.4. The third kappa shape index (κ3) is 5.75. The first-order valence-electron chi connectivity index (χ1n) is 13.5. The Morgan fingerprint density at radius 3 is 2.55 bits per heavy atom. The van der Waals surface area contributed by atoms with Crippen LogP contribution in [0.2, 0.25) is 0 Å². The van der Waals surface area contributed by atoms with Gasteiger partial charge >= 0.3 is 6.01 Å². The highest BCUT2D eigenvalue weighted by Gasteiger charge is 2.29. The molecular formula is C28H40N8O2. The zero-order valence-corrected chi connectivity index (χ0v) is 22.9. The van der Waals surface area contributed by atoms with Crippen molar-refractivity contribution in [2.75, 3.05) is 74.5 Å². The monoisotopic (exact) mass is 520 g/mol. The van der Waals surface area contributed by atoms with E-state index in [-0.39, 0.29) is 5.91 Å². The molecule has 0 saturated carbocycles. The average Bonchev–Trinajstić information content (AvgIpc) is 2.95. The third-order valence-corrected chi connectivity index (χ3v) is 7.53. The second-order valence-corrected chi connectivity index (χ2v) is 9.70. The zero-order valence-electron chi connectivity index (χ0n) is 22.9. The van der Waals surface area contributed by atoms with E-state index in [1.807, 2.05) is 17.0 Å². The number of amides is 1. The first-order valence-corrected chi connectivity index (χ1v) is 13.5. The fourth-order valence-electron chi connectivity index (χ4n) is 5.28. The van der Waals surface area contributed by atoms with Gasteiger partial charge in [0.05, 0.1) is 17.9 Å². The number of hydrogen-bond donors (Lipinski definition) is 2. The van der Waals surface area contributed by atoms with Crippen LogP contribution in [0.1, 0.15) is 36.2 Å². The lowest BCUT2D eigenvalue weighted by molar-refractivity contribution is -0.126. The van der Waals surface area contributed by atoms with E-state index < -0.39 is 0 Å². The number of anilines is 3. The standard InChI is InChI=1S/C28H40N8O2/c1-5-25(37)34-12-14-35(15-13-34)27-21-10-11-36(26-20(4)8-9-23(30)22(26)18-29)19-24(21)31-28(32-27)38-17-16-33(6-2)7-3/h5,8-9,18,29H,1,6-7,10-17,19,30H2,2-4H3. The molecule has 1 fully saturated rings. The van der Waals surface area contributed by atoms with Crippen LogP contribution >= 0.6 is 0 Å². The average molecular weight is 521 g/mol. The molecule has 1 saturated heterocycles. The van der Waals surface area contributed by atoms with Gasteiger partial charge in [-0.05, 0) is 44.1 Å². The van der Waals surface area contributed by atoms with E-state index in [9.17, 15) is 4.79 Å². The summed E-state index contributed by atoms with van der Waals surface area (Å²) < 4.78 is 6.10. The molecule has 0 radical (unpaired) electrons. The lowest BCUT2D eigenvalue weighted by Gasteiger charge is -2.38. The van der Waals surface area contributed by atoms with Crippen molar-refractivity contribution in [2.24, 2.45) is 0 Å². The van der Waals surface area contributed by atoms with Crippen LogP contribution in [0.5, 0.6) is 6.01 Å². The van der Waals surface area contributed by atoms with Crippen molar-refractivity contribution in [3.8, 4) is 6.01 Å². The van der Waals surface area contributed by atoms with Gasteiger partial charge in [-0.2, -0.15) is 9.97 Å². The van der Waals surface area contributed by atoms with E-state index in [0.29, 0.717) is 51.0 Å². The number of nitrogens with two attached hydrogens (primary N) is 1. The van der Waals surface area contributed by atoms with Gasteiger partial charge in [0.1, 0.15) is 12.4 Å². The van der Waals surface area contributed by atoms with Gasteiger partial charge < -0.3 is 35.5 Å². The summed E-state index contributed by atoms with van der Waals surface area (Å²) >= 11 is 0. The highest BCUT2D eigenvalue weighted by Crippen LogP contribution is 2.35. The van der Waals surface area contributed by atoms with Crippen molar-refractivity contribution in [2.45, 2.75) is 33.7 Å². The van der Waals surface area contributed by atoms with Gasteiger partial charge in [-0.3, -0.25) is 4.79 Å². The molecule has 204 valence electrons. The number of fused-ring (bicyclic) bond motifs is 1. The largest absolute Gasteiger partial charge is 0.462 e. The summed E-state index contributed by atoms with van der Waals surface area (Å²) in [6, 6.07) is 4.24. The number of hydrogen-bond acceptors (Lipinski definition) is 9. The van der Waals surface area contributed by atoms with E-state index in [0.717, 1.165) is 66.5 Å². The summed E-state index contributed by atoms with van der Waals surface area (Å²) in [7, 11) is 0. The Kier molecular flexibility index (Phi) is 8.83. The fourth-order valence-corrected chi connectivity index (χ4v) is 5.28. The molecule has 1 aromatic heterocycles. The SMILES string of the molecule is C=CC(=O)N1CCN(c2nc(OCCN(CC)CC)nc3c2CCN(c2c(C)ccc(N)c2C=N)C3)CC1. The molecule has 38 heavy (non-hydrogen) atoms. The first-order chi connectivity index (χ1) is 18.4. The quantitative estimate of drug-likeness (QED) is 0.279. The lowest BCUT2D eigenvalue weighted by Crippen LogP contribution is -2.49. The van der Waals surface area contributed by atoms with E-state index in [4.69, 9.17) is 25.8 Å². The number of likely N-dealkylation sites (N-methyl/N-ethyl adjacent to an activating group) is 1. The maximum Gasteiger partial charge on any atom is 0.318 e. The number of piperazine rings is 1. The van der Waals surface area contributed by atoms with Crippen LogP contribution in [0.15, 0.2) is 24.8 Å². The van der Waals surface area contributed by atoms with Gasteiger partial charge in [0.15, 0.2) is 0 Å². The van der Waals surface area contributed by atoms with E-state index >= 15 is 0 Å². The highest BCUT2D eigenvalue weighted by molar-refractivity contribution is 5.94. The topological polar surface area (TPSA) is 115 Å². The maximum atomic E-state index is 12.1. The second-order valence-electron chi connectivity index (χ2n) is 9.70. The molecule has 0 aliphatic carbocycles. The smallest absolute Gasteiger partial charge is 0.318 e. The molecule has 0 spiro atoms. The molecule has 0 unspecified atom stereocenters. The van der Waals surface area contributed by atoms with Crippen LogP contribution in [-0.2, 0) is 17.8 Å². The molecule has 2 aliphatic heterocycles. The van der Waals surface area contributed by atoms with Crippen LogP contribution in [0.25, 0.3) is 0 Å². The van der Waals surface area contributed by atoms with Crippen molar-refractivity contribution >= 4 is 29.3 Å². The normalized spacial score (nSPS) is 15.4. The molecule has 10 nitrogen and oxygen atoms in total. The van der Waals surface area contributed by atoms with Crippen LogP contribution in [-0.4, -0.2) is 90.9 Å². The molecule has 0 bridgehead atoms. The van der Waals surface area contributed by atoms with E-state index in [2.05, 4.69) is 42.0 Å². The Balaban J connectivity index is 1.64. The van der Waals surface area contributed by atoms with Crippen molar-refractivity contribution in [3.05, 3.63) is 47.2 Å². The van der Waals surface area contributed by atoms with Gasteiger partial charge in [-0.15, -0.1) is 0 Å². The Labute approximate surface area is 225 Å². The second kappa shape index (κ2) is 12.3. The Hall–Kier alpha value is -3.66. The number of carbonyl (C=O) groups excluding carboxylic acids is 1. The molecule has 1 aromatic carbocycles. The number of carbonyl (C=O) groups is 1. The molecule has 10 heteroatoms. The summed E-state index contributed by atoms with van der Waals surface area (Å²) in [5.41, 5.74) is 11.7. The summed E-state index contributed by atoms with van der Waals surface area (Å²) in [4.78, 5) is 30.5. The number of benzene rings is 1. The molecule has 3 N–H and O–H groups in total. The van der Waals surface area contributed by atoms with E-state index in [1.165, 1.54) is 12.3 Å². The zero-order chi connectivity index (χ0) is 27.2. The Morgan fingerprint density at radius 1 is 1.16 bits per heavy atom. The third-order valence-electron chi connectivity index (χ3n) is 7.53. The van der Waals surface area contributed by atoms with Gasteiger partial charge in [0, 0.05) is 62.3 Å². The van der Waals surface area contributed by atoms with Gasteiger partial charge in [-0.1, -0.05) is 26.5 Å². The molecule has 4 rings (SSSR count). The molecular weight excluding hydrogens is 480 g/mol. The molecule has 2 aliphatic rings. The van der Waals surface area contributed by atoms with Gasteiger partial charge in [-0.25, -0.2) is 0 Å². The number of nitrogen functional groups attached to an aromatic ring is 1. The molecule has 1 amide bonds. The van der Waals surface area contributed by atoms with Crippen LogP contribution in [0.4, 0.5) is 17.2 Å². The van der Waals surface area contributed by atoms with Gasteiger partial charge in [0.2, 0.25) is 5.91 Å². The number of nitrogens with one attached hydrogen (secondary N) is 1. The Bertz CT molecular complexity index is 1170. The number of ether oxygens (including phenoxy) is 1. The molecule has 2 aromatic rings. The van der Waals surface area contributed by atoms with Crippen molar-refractivity contribution < 1.29 is 9.53 Å². The number of rotatable bonds is 10. The van der Waals surface area contributed by atoms with Crippen molar-refractivity contribution in [1.82, 2.24) is 19.8 Å². The van der Waals surface area contributed by atoms with Crippen LogP contribution in [0.3, 0.4) is 0 Å². The minimum absolute atomic E-state index is 0.0371. The van der Waals surface area contributed by atoms with Crippen molar-refractivity contribution in [1.29, 1.82) is 5.41 Å². The number of nitrogens with zero attached hydrogens (tertiary/aromatic N) is 6. The van der Waals surface area contributed by atoms with Crippen LogP contribution < -0.4 is 20.3 Å². The number of aromatic nitrogens is 2. The molecule has 3 heterocycles. The predicted octanol–water partition coefficient (Wildman–Crippen LogP) is 2.48. The summed E-state index contributed by atoms with van der Waals surface area (Å²) in [6.45, 7) is 17.2. The van der Waals surface area contributed by atoms with E-state index in [1.54, 1.807) is 0 Å². The lowest BCUT2D eigenvalue weighted by atomic mass is 10.00. The summed E-state index contributed by atoms with van der Waals surface area (Å²) in [5, 5.41) is 7.97. The van der Waals surface area contributed by atoms with Crippen molar-refractivity contribution in [3.63, 3.8) is 0 Å². The minimum atomic E-state index is -0.0371. The molecule has 0 atom stereocenters. The predicted molar refractivity (Wildman–Crippen MR) is 153 cm³/mol. The highest BCUT2D eigenvalue weighted by atomic mass is 16.5. The van der Waals surface area contributed by atoms with Crippen LogP contribution in [0, 0.1) is 12.3 Å². The maximum absolute atomic E-state index is 12.1. The Morgan fingerprint density at radius 2 is 1.89 bits per heavy atom. The number of aryl methyl sites for hydroxylation is 1. The fraction of sp³-hybridized carbons (Fsp3) is 0.500. The summed E-state index contributed by atoms with van der Waals surface area (Å²) in [6.07, 6.45) is 3.48.